The first-order chi connectivity index (χ1) is 8.19. The van der Waals surface area contributed by atoms with Gasteiger partial charge < -0.3 is 11.1 Å². The Bertz CT molecular complexity index is 333. The minimum atomic E-state index is -0.395. The van der Waals surface area contributed by atoms with Crippen molar-refractivity contribution in [1.82, 2.24) is 5.32 Å². The molecule has 1 amide bonds. The van der Waals surface area contributed by atoms with E-state index in [1.54, 1.807) is 0 Å². The van der Waals surface area contributed by atoms with Crippen molar-refractivity contribution in [3.63, 3.8) is 0 Å². The van der Waals surface area contributed by atoms with Gasteiger partial charge in [0.25, 0.3) is 0 Å². The van der Waals surface area contributed by atoms with Crippen LogP contribution in [0.2, 0.25) is 0 Å². The molecule has 1 unspecified atom stereocenters. The largest absolute Gasteiger partial charge is 0.351 e. The second-order valence-corrected chi connectivity index (χ2v) is 4.31. The molecule has 1 aromatic carbocycles. The standard InChI is InChI=1S/C14H22N2O/c1-3-12(4-2)13(15)14(17)16-10-11-8-6-5-7-9-11/h5-9,12-13H,3-4,10,15H2,1-2H3,(H,16,17). The van der Waals surface area contributed by atoms with Crippen LogP contribution >= 0.6 is 0 Å². The van der Waals surface area contributed by atoms with Crippen molar-refractivity contribution >= 4 is 5.91 Å². The molecule has 0 fully saturated rings. The van der Waals surface area contributed by atoms with E-state index in [-0.39, 0.29) is 11.8 Å². The number of nitrogens with two attached hydrogens (primary N) is 1. The van der Waals surface area contributed by atoms with Crippen molar-refractivity contribution in [2.24, 2.45) is 11.7 Å². The summed E-state index contributed by atoms with van der Waals surface area (Å²) < 4.78 is 0. The summed E-state index contributed by atoms with van der Waals surface area (Å²) in [7, 11) is 0. The van der Waals surface area contributed by atoms with Gasteiger partial charge in [0.05, 0.1) is 6.04 Å². The van der Waals surface area contributed by atoms with E-state index in [9.17, 15) is 4.79 Å². The molecule has 0 heterocycles. The lowest BCUT2D eigenvalue weighted by atomic mass is 9.94. The third-order valence-electron chi connectivity index (χ3n) is 3.17. The van der Waals surface area contributed by atoms with Gasteiger partial charge in [-0.2, -0.15) is 0 Å². The maximum absolute atomic E-state index is 11.8. The van der Waals surface area contributed by atoms with Crippen LogP contribution in [-0.4, -0.2) is 11.9 Å². The summed E-state index contributed by atoms with van der Waals surface area (Å²) >= 11 is 0. The smallest absolute Gasteiger partial charge is 0.237 e. The van der Waals surface area contributed by atoms with Crippen LogP contribution in [-0.2, 0) is 11.3 Å². The molecule has 3 nitrogen and oxygen atoms in total. The highest BCUT2D eigenvalue weighted by atomic mass is 16.2. The van der Waals surface area contributed by atoms with E-state index < -0.39 is 6.04 Å². The Morgan fingerprint density at radius 1 is 1.24 bits per heavy atom. The molecule has 0 aliphatic rings. The van der Waals surface area contributed by atoms with Crippen molar-refractivity contribution in [2.45, 2.75) is 39.3 Å². The summed E-state index contributed by atoms with van der Waals surface area (Å²) in [6.45, 7) is 4.69. The van der Waals surface area contributed by atoms with E-state index >= 15 is 0 Å². The zero-order valence-electron chi connectivity index (χ0n) is 10.6. The molecule has 0 aromatic heterocycles. The second-order valence-electron chi connectivity index (χ2n) is 4.31. The molecule has 1 atom stereocenters. The fraction of sp³-hybridized carbons (Fsp3) is 0.500. The van der Waals surface area contributed by atoms with Gasteiger partial charge in [-0.1, -0.05) is 57.0 Å². The highest BCUT2D eigenvalue weighted by Gasteiger charge is 2.21. The first-order valence-corrected chi connectivity index (χ1v) is 6.26. The number of amides is 1. The SMILES string of the molecule is CCC(CC)C(N)C(=O)NCc1ccccc1. The third-order valence-corrected chi connectivity index (χ3v) is 3.17. The maximum atomic E-state index is 11.8. The summed E-state index contributed by atoms with van der Waals surface area (Å²) in [5.41, 5.74) is 7.03. The topological polar surface area (TPSA) is 55.1 Å². The average molecular weight is 234 g/mol. The van der Waals surface area contributed by atoms with Crippen molar-refractivity contribution in [2.75, 3.05) is 0 Å². The van der Waals surface area contributed by atoms with Gasteiger partial charge in [0, 0.05) is 6.54 Å². The number of nitrogens with one attached hydrogen (secondary N) is 1. The number of rotatable bonds is 6. The monoisotopic (exact) mass is 234 g/mol. The summed E-state index contributed by atoms with van der Waals surface area (Å²) in [6, 6.07) is 9.46. The summed E-state index contributed by atoms with van der Waals surface area (Å²) in [4.78, 5) is 11.8. The fourth-order valence-electron chi connectivity index (χ4n) is 1.91. The predicted octanol–water partition coefficient (Wildman–Crippen LogP) is 2.07. The molecule has 0 bridgehead atoms. The van der Waals surface area contributed by atoms with Gasteiger partial charge in [-0.05, 0) is 11.5 Å². The highest BCUT2D eigenvalue weighted by Crippen LogP contribution is 2.11. The van der Waals surface area contributed by atoms with Gasteiger partial charge in [0.15, 0.2) is 0 Å². The van der Waals surface area contributed by atoms with E-state index in [2.05, 4.69) is 19.2 Å². The van der Waals surface area contributed by atoms with Crippen LogP contribution in [0.25, 0.3) is 0 Å². The van der Waals surface area contributed by atoms with Crippen LogP contribution in [0, 0.1) is 5.92 Å². The van der Waals surface area contributed by atoms with Gasteiger partial charge in [-0.3, -0.25) is 4.79 Å². The summed E-state index contributed by atoms with van der Waals surface area (Å²) in [5, 5.41) is 2.88. The summed E-state index contributed by atoms with van der Waals surface area (Å²) in [6.07, 6.45) is 1.88. The van der Waals surface area contributed by atoms with Crippen LogP contribution in [0.5, 0.6) is 0 Å². The molecule has 1 rings (SSSR count). The number of hydrogen-bond acceptors (Lipinski definition) is 2. The van der Waals surface area contributed by atoms with Crippen molar-refractivity contribution in [3.8, 4) is 0 Å². The lowest BCUT2D eigenvalue weighted by Crippen LogP contribution is -2.45. The molecule has 17 heavy (non-hydrogen) atoms. The minimum absolute atomic E-state index is 0.0532. The molecule has 0 aliphatic heterocycles. The third kappa shape index (κ3) is 4.19. The van der Waals surface area contributed by atoms with Gasteiger partial charge in [-0.15, -0.1) is 0 Å². The van der Waals surface area contributed by atoms with Crippen LogP contribution in [0.1, 0.15) is 32.3 Å². The van der Waals surface area contributed by atoms with Crippen molar-refractivity contribution in [3.05, 3.63) is 35.9 Å². The van der Waals surface area contributed by atoms with Gasteiger partial charge >= 0.3 is 0 Å². The predicted molar refractivity (Wildman–Crippen MR) is 70.3 cm³/mol. The number of carbonyl (C=O) groups is 1. The van der Waals surface area contributed by atoms with Gasteiger partial charge in [-0.25, -0.2) is 0 Å². The average Bonchev–Trinajstić information content (AvgIpc) is 2.38. The normalized spacial score (nSPS) is 12.5. The Balaban J connectivity index is 2.44. The molecule has 0 saturated heterocycles. The number of carbonyl (C=O) groups excluding carboxylic acids is 1. The second kappa shape index (κ2) is 7.07. The van der Waals surface area contributed by atoms with Crippen molar-refractivity contribution < 1.29 is 4.79 Å². The molecule has 0 spiro atoms. The molecule has 0 radical (unpaired) electrons. The first kappa shape index (κ1) is 13.7. The highest BCUT2D eigenvalue weighted by molar-refractivity contribution is 5.81. The fourth-order valence-corrected chi connectivity index (χ4v) is 1.91. The summed E-state index contributed by atoms with van der Waals surface area (Å²) in [5.74, 6) is 0.216. The molecular weight excluding hydrogens is 212 g/mol. The zero-order chi connectivity index (χ0) is 12.7. The van der Waals surface area contributed by atoms with Gasteiger partial charge in [0.2, 0.25) is 5.91 Å². The molecule has 0 saturated carbocycles. The Morgan fingerprint density at radius 2 is 1.82 bits per heavy atom. The maximum Gasteiger partial charge on any atom is 0.237 e. The van der Waals surface area contributed by atoms with Gasteiger partial charge in [0.1, 0.15) is 0 Å². The van der Waals surface area contributed by atoms with Crippen LogP contribution in [0.3, 0.4) is 0 Å². The molecule has 3 heteroatoms. The number of benzene rings is 1. The minimum Gasteiger partial charge on any atom is -0.351 e. The van der Waals surface area contributed by atoms with Crippen molar-refractivity contribution in [1.29, 1.82) is 0 Å². The number of hydrogen-bond donors (Lipinski definition) is 2. The van der Waals surface area contributed by atoms with Crippen LogP contribution < -0.4 is 11.1 Å². The Labute approximate surface area is 103 Å². The molecule has 94 valence electrons. The first-order valence-electron chi connectivity index (χ1n) is 6.26. The van der Waals surface area contributed by atoms with Crippen LogP contribution in [0.4, 0.5) is 0 Å². The molecule has 1 aromatic rings. The Kier molecular flexibility index (Phi) is 5.70. The van der Waals surface area contributed by atoms with E-state index in [4.69, 9.17) is 5.73 Å². The quantitative estimate of drug-likeness (QED) is 0.791. The Morgan fingerprint density at radius 3 is 2.35 bits per heavy atom. The van der Waals surface area contributed by atoms with E-state index in [0.29, 0.717) is 6.54 Å². The Hall–Kier alpha value is -1.35. The lowest BCUT2D eigenvalue weighted by Gasteiger charge is -2.20. The molecule has 3 N–H and O–H groups in total. The van der Waals surface area contributed by atoms with E-state index in [0.717, 1.165) is 18.4 Å². The molecular formula is C14H22N2O. The molecule has 0 aliphatic carbocycles. The van der Waals surface area contributed by atoms with Crippen LogP contribution in [0.15, 0.2) is 30.3 Å². The lowest BCUT2D eigenvalue weighted by molar-refractivity contribution is -0.123. The zero-order valence-corrected chi connectivity index (χ0v) is 10.6. The van der Waals surface area contributed by atoms with E-state index in [1.165, 1.54) is 0 Å². The van der Waals surface area contributed by atoms with E-state index in [1.807, 2.05) is 30.3 Å².